The molecule has 0 aliphatic rings. The van der Waals surface area contributed by atoms with Gasteiger partial charge in [-0.05, 0) is 24.3 Å². The maximum atomic E-state index is 12.7. The van der Waals surface area contributed by atoms with Crippen molar-refractivity contribution in [3.63, 3.8) is 0 Å². The van der Waals surface area contributed by atoms with Gasteiger partial charge in [0.1, 0.15) is 11.6 Å². The molecular weight excluding hydrogens is 356 g/mol. The van der Waals surface area contributed by atoms with Crippen LogP contribution in [0, 0.1) is 11.3 Å². The van der Waals surface area contributed by atoms with Crippen LogP contribution in [0.4, 0.5) is 5.82 Å². The molecule has 1 aromatic carbocycles. The third-order valence-corrected chi connectivity index (χ3v) is 5.00. The van der Waals surface area contributed by atoms with Crippen LogP contribution in [0.3, 0.4) is 0 Å². The lowest BCUT2D eigenvalue weighted by Crippen LogP contribution is -2.17. The maximum absolute atomic E-state index is 12.7. The summed E-state index contributed by atoms with van der Waals surface area (Å²) < 4.78 is 34.3. The molecule has 4 rings (SSSR count). The Labute approximate surface area is 147 Å². The minimum atomic E-state index is -3.94. The highest BCUT2D eigenvalue weighted by molar-refractivity contribution is 7.92. The summed E-state index contributed by atoms with van der Waals surface area (Å²) in [5, 5.41) is 13.3. The Kier molecular flexibility index (Phi) is 3.63. The first-order valence-corrected chi connectivity index (χ1v) is 8.81. The number of sulfonamides is 1. The normalized spacial score (nSPS) is 11.3. The van der Waals surface area contributed by atoms with Crippen LogP contribution < -0.4 is 4.72 Å². The van der Waals surface area contributed by atoms with Crippen molar-refractivity contribution in [3.8, 4) is 17.4 Å². The van der Waals surface area contributed by atoms with Gasteiger partial charge in [0.15, 0.2) is 23.6 Å². The summed E-state index contributed by atoms with van der Waals surface area (Å²) in [7, 11) is -3.94. The van der Waals surface area contributed by atoms with Crippen molar-refractivity contribution in [2.24, 2.45) is 0 Å². The molecule has 26 heavy (non-hydrogen) atoms. The Morgan fingerprint density at radius 1 is 1.15 bits per heavy atom. The number of nitrogens with zero attached hydrogens (tertiary/aromatic N) is 5. The first kappa shape index (κ1) is 15.8. The molecule has 4 aromatic rings. The summed E-state index contributed by atoms with van der Waals surface area (Å²) in [6.07, 6.45) is 5.59. The quantitative estimate of drug-likeness (QED) is 0.585. The van der Waals surface area contributed by atoms with Crippen LogP contribution in [0.5, 0.6) is 0 Å². The van der Waals surface area contributed by atoms with E-state index in [2.05, 4.69) is 19.8 Å². The topological polar surface area (TPSA) is 126 Å². The summed E-state index contributed by atoms with van der Waals surface area (Å²) in [5.41, 5.74) is 1.17. The van der Waals surface area contributed by atoms with Gasteiger partial charge in [0.05, 0.1) is 23.5 Å². The largest absolute Gasteiger partial charge is 0.444 e. The molecule has 0 aliphatic heterocycles. The molecule has 0 fully saturated rings. The Balaban J connectivity index is 1.72. The third kappa shape index (κ3) is 2.66. The molecule has 3 heterocycles. The molecule has 0 atom stereocenters. The molecule has 0 saturated heterocycles. The lowest BCUT2D eigenvalue weighted by Gasteiger charge is -2.11. The highest BCUT2D eigenvalue weighted by Crippen LogP contribution is 2.23. The van der Waals surface area contributed by atoms with Crippen LogP contribution in [-0.4, -0.2) is 28.0 Å². The standard InChI is InChI=1S/C16H10N6O3S/c17-7-12-8-19-15-5-6-20-22(15)16(12)21-26(23,24)13-3-1-11(2-4-13)14-9-18-10-25-14/h1-6,8-10,21H. The molecule has 9 nitrogen and oxygen atoms in total. The van der Waals surface area contributed by atoms with E-state index in [-0.39, 0.29) is 16.3 Å². The van der Waals surface area contributed by atoms with E-state index in [4.69, 9.17) is 4.42 Å². The SMILES string of the molecule is N#Cc1cnc2ccnn2c1NS(=O)(=O)c1ccc(-c2cnco2)cc1. The lowest BCUT2D eigenvalue weighted by atomic mass is 10.2. The van der Waals surface area contributed by atoms with Crippen LogP contribution in [0.15, 0.2) is 64.6 Å². The maximum Gasteiger partial charge on any atom is 0.263 e. The third-order valence-electron chi connectivity index (χ3n) is 3.65. The first-order chi connectivity index (χ1) is 12.6. The number of nitrogens with one attached hydrogen (secondary N) is 1. The fourth-order valence-electron chi connectivity index (χ4n) is 2.40. The predicted molar refractivity (Wildman–Crippen MR) is 90.4 cm³/mol. The van der Waals surface area contributed by atoms with Gasteiger partial charge >= 0.3 is 0 Å². The zero-order valence-corrected chi connectivity index (χ0v) is 13.9. The molecular formula is C16H10N6O3S. The molecule has 0 radical (unpaired) electrons. The zero-order chi connectivity index (χ0) is 18.1. The van der Waals surface area contributed by atoms with E-state index in [1.807, 2.05) is 6.07 Å². The van der Waals surface area contributed by atoms with Gasteiger partial charge < -0.3 is 4.42 Å². The second-order valence-electron chi connectivity index (χ2n) is 5.23. The summed E-state index contributed by atoms with van der Waals surface area (Å²) in [6.45, 7) is 0. The van der Waals surface area contributed by atoms with Crippen LogP contribution >= 0.6 is 0 Å². The molecule has 0 spiro atoms. The van der Waals surface area contributed by atoms with Crippen LogP contribution in [0.25, 0.3) is 17.0 Å². The summed E-state index contributed by atoms with van der Waals surface area (Å²) in [6, 6.07) is 9.60. The number of benzene rings is 1. The van der Waals surface area contributed by atoms with Crippen molar-refractivity contribution in [1.82, 2.24) is 19.6 Å². The summed E-state index contributed by atoms with van der Waals surface area (Å²) in [4.78, 5) is 7.90. The van der Waals surface area contributed by atoms with Crippen molar-refractivity contribution < 1.29 is 12.8 Å². The van der Waals surface area contributed by atoms with Gasteiger partial charge in [-0.15, -0.1) is 0 Å². The van der Waals surface area contributed by atoms with E-state index in [0.717, 1.165) is 0 Å². The Morgan fingerprint density at radius 3 is 2.65 bits per heavy atom. The number of fused-ring (bicyclic) bond motifs is 1. The molecule has 128 valence electrons. The molecule has 1 N–H and O–H groups in total. The molecule has 3 aromatic heterocycles. The van der Waals surface area contributed by atoms with Crippen molar-refractivity contribution in [1.29, 1.82) is 5.26 Å². The fourth-order valence-corrected chi connectivity index (χ4v) is 3.46. The first-order valence-electron chi connectivity index (χ1n) is 7.33. The van der Waals surface area contributed by atoms with Gasteiger partial charge in [-0.3, -0.25) is 4.72 Å². The predicted octanol–water partition coefficient (Wildman–Crippen LogP) is 2.06. The summed E-state index contributed by atoms with van der Waals surface area (Å²) in [5.74, 6) is 0.558. The molecule has 10 heteroatoms. The van der Waals surface area contributed by atoms with Crippen LogP contribution in [-0.2, 0) is 10.0 Å². The smallest absolute Gasteiger partial charge is 0.263 e. The number of rotatable bonds is 4. The van der Waals surface area contributed by atoms with Crippen molar-refractivity contribution in [2.75, 3.05) is 4.72 Å². The van der Waals surface area contributed by atoms with E-state index < -0.39 is 10.0 Å². The highest BCUT2D eigenvalue weighted by Gasteiger charge is 2.19. The minimum absolute atomic E-state index is 0.0294. The minimum Gasteiger partial charge on any atom is -0.444 e. The van der Waals surface area contributed by atoms with Gasteiger partial charge in [0, 0.05) is 11.6 Å². The monoisotopic (exact) mass is 366 g/mol. The number of oxazole rings is 1. The molecule has 0 unspecified atom stereocenters. The van der Waals surface area contributed by atoms with Crippen LogP contribution in [0.2, 0.25) is 0 Å². The van der Waals surface area contributed by atoms with E-state index in [9.17, 15) is 13.7 Å². The second-order valence-corrected chi connectivity index (χ2v) is 6.91. The van der Waals surface area contributed by atoms with Gasteiger partial charge in [-0.1, -0.05) is 0 Å². The van der Waals surface area contributed by atoms with Gasteiger partial charge in [0.25, 0.3) is 10.0 Å². The van der Waals surface area contributed by atoms with Gasteiger partial charge in [-0.2, -0.15) is 14.9 Å². The highest BCUT2D eigenvalue weighted by atomic mass is 32.2. The average molecular weight is 366 g/mol. The molecule has 0 aliphatic carbocycles. The average Bonchev–Trinajstić information content (AvgIpc) is 3.34. The van der Waals surface area contributed by atoms with Crippen molar-refractivity contribution in [2.45, 2.75) is 4.90 Å². The molecule has 0 amide bonds. The second kappa shape index (κ2) is 5.98. The molecule has 0 bridgehead atoms. The van der Waals surface area contributed by atoms with Gasteiger partial charge in [0.2, 0.25) is 0 Å². The molecule has 0 saturated carbocycles. The number of hydrogen-bond donors (Lipinski definition) is 1. The number of aromatic nitrogens is 4. The van der Waals surface area contributed by atoms with Crippen molar-refractivity contribution in [3.05, 3.63) is 60.9 Å². The fraction of sp³-hybridized carbons (Fsp3) is 0. The Bertz CT molecular complexity index is 1220. The van der Waals surface area contributed by atoms with Crippen LogP contribution in [0.1, 0.15) is 5.56 Å². The Morgan fingerprint density at radius 2 is 1.96 bits per heavy atom. The number of hydrogen-bond acceptors (Lipinski definition) is 7. The number of anilines is 1. The van der Waals surface area contributed by atoms with Crippen molar-refractivity contribution >= 4 is 21.5 Å². The zero-order valence-electron chi connectivity index (χ0n) is 13.1. The van der Waals surface area contributed by atoms with E-state index >= 15 is 0 Å². The summed E-state index contributed by atoms with van der Waals surface area (Å²) >= 11 is 0. The van der Waals surface area contributed by atoms with E-state index in [1.54, 1.807) is 18.2 Å². The lowest BCUT2D eigenvalue weighted by molar-refractivity contribution is 0.572. The van der Waals surface area contributed by atoms with E-state index in [1.165, 1.54) is 41.6 Å². The number of nitriles is 1. The Hall–Kier alpha value is -3.71. The van der Waals surface area contributed by atoms with E-state index in [0.29, 0.717) is 17.0 Å². The van der Waals surface area contributed by atoms with Gasteiger partial charge in [-0.25, -0.2) is 18.4 Å².